The lowest BCUT2D eigenvalue weighted by Crippen LogP contribution is -2.52. The third kappa shape index (κ3) is 8.24. The monoisotopic (exact) mass is 617 g/mol. The van der Waals surface area contributed by atoms with E-state index >= 15 is 0 Å². The first-order valence-electron chi connectivity index (χ1n) is 13.5. The van der Waals surface area contributed by atoms with Crippen molar-refractivity contribution in [3.63, 3.8) is 0 Å². The number of carbonyl (C=O) groups is 2. The lowest BCUT2D eigenvalue weighted by Gasteiger charge is -2.34. The molecule has 220 valence electrons. The molecule has 1 N–H and O–H groups in total. The first kappa shape index (κ1) is 32.4. The summed E-state index contributed by atoms with van der Waals surface area (Å²) in [5, 5.41) is 3.69. The van der Waals surface area contributed by atoms with Crippen molar-refractivity contribution in [1.82, 2.24) is 10.2 Å². The normalized spacial score (nSPS) is 12.2. The Labute approximate surface area is 253 Å². The average molecular weight is 619 g/mol. The molecule has 1 unspecified atom stereocenters. The van der Waals surface area contributed by atoms with Crippen LogP contribution >= 0.6 is 23.2 Å². The second-order valence-corrected chi connectivity index (χ2v) is 13.1. The van der Waals surface area contributed by atoms with Gasteiger partial charge in [0.25, 0.3) is 10.0 Å². The van der Waals surface area contributed by atoms with E-state index < -0.39 is 28.5 Å². The van der Waals surface area contributed by atoms with E-state index in [1.54, 1.807) is 55.5 Å². The van der Waals surface area contributed by atoms with Crippen molar-refractivity contribution in [2.45, 2.75) is 58.5 Å². The third-order valence-corrected chi connectivity index (χ3v) is 9.07. The summed E-state index contributed by atoms with van der Waals surface area (Å²) in [6, 6.07) is 17.5. The number of hydrogen-bond acceptors (Lipinski definition) is 4. The molecule has 0 aliphatic rings. The van der Waals surface area contributed by atoms with Crippen LogP contribution in [0.3, 0.4) is 0 Å². The maximum atomic E-state index is 14.2. The highest BCUT2D eigenvalue weighted by atomic mass is 35.5. The quantitative estimate of drug-likeness (QED) is 0.255. The van der Waals surface area contributed by atoms with Crippen LogP contribution < -0.4 is 9.62 Å². The second kappa shape index (κ2) is 14.2. The van der Waals surface area contributed by atoms with E-state index in [1.807, 2.05) is 27.7 Å². The Bertz CT molecular complexity index is 1480. The van der Waals surface area contributed by atoms with Crippen molar-refractivity contribution < 1.29 is 18.0 Å². The summed E-state index contributed by atoms with van der Waals surface area (Å²) in [6.45, 7) is 9.32. The van der Waals surface area contributed by atoms with Gasteiger partial charge in [0.1, 0.15) is 12.6 Å². The first-order valence-corrected chi connectivity index (χ1v) is 15.7. The molecule has 0 spiro atoms. The van der Waals surface area contributed by atoms with Gasteiger partial charge < -0.3 is 10.2 Å². The van der Waals surface area contributed by atoms with Crippen molar-refractivity contribution in [1.29, 1.82) is 0 Å². The molecule has 0 aliphatic heterocycles. The Kier molecular flexibility index (Phi) is 11.2. The van der Waals surface area contributed by atoms with Gasteiger partial charge in [0.2, 0.25) is 11.8 Å². The Balaban J connectivity index is 2.10. The fourth-order valence-corrected chi connectivity index (χ4v) is 6.19. The van der Waals surface area contributed by atoms with Crippen LogP contribution in [0.2, 0.25) is 10.0 Å². The molecule has 1 atom stereocenters. The minimum absolute atomic E-state index is 0.0268. The lowest BCUT2D eigenvalue weighted by molar-refractivity contribution is -0.140. The Morgan fingerprint density at radius 1 is 0.951 bits per heavy atom. The molecule has 2 amide bonds. The van der Waals surface area contributed by atoms with Gasteiger partial charge >= 0.3 is 0 Å². The number of hydrogen-bond donors (Lipinski definition) is 1. The summed E-state index contributed by atoms with van der Waals surface area (Å²) in [4.78, 5) is 28.9. The minimum Gasteiger partial charge on any atom is -0.354 e. The number of sulfonamides is 1. The molecule has 0 bridgehead atoms. The zero-order chi connectivity index (χ0) is 30.3. The fraction of sp³-hybridized carbons (Fsp3) is 0.355. The number of benzene rings is 3. The predicted octanol–water partition coefficient (Wildman–Crippen LogP) is 6.39. The van der Waals surface area contributed by atoms with Crippen LogP contribution in [0.5, 0.6) is 0 Å². The molecule has 3 aromatic rings. The van der Waals surface area contributed by atoms with Crippen LogP contribution in [0, 0.1) is 19.8 Å². The van der Waals surface area contributed by atoms with Gasteiger partial charge in [-0.2, -0.15) is 0 Å². The van der Waals surface area contributed by atoms with E-state index in [4.69, 9.17) is 23.2 Å². The van der Waals surface area contributed by atoms with Crippen LogP contribution in [0.4, 0.5) is 5.69 Å². The van der Waals surface area contributed by atoms with Gasteiger partial charge in [-0.05, 0) is 67.6 Å². The summed E-state index contributed by atoms with van der Waals surface area (Å²) in [5.74, 6) is -0.648. The standard InChI is InChI=1S/C31H37Cl2N3O4S/c1-6-28(31(38)34-18-21(2)3)35(19-24-9-7-8-10-27(24)33)30(37)20-36(29-17-25(32)14-13-23(29)5)41(39,40)26-15-11-22(4)12-16-26/h7-17,21,28H,6,18-20H2,1-5H3,(H,34,38). The van der Waals surface area contributed by atoms with E-state index in [0.717, 1.165) is 9.87 Å². The molecule has 0 radical (unpaired) electrons. The van der Waals surface area contributed by atoms with Gasteiger partial charge in [-0.15, -0.1) is 0 Å². The van der Waals surface area contributed by atoms with Crippen molar-refractivity contribution in [2.24, 2.45) is 5.92 Å². The molecule has 3 rings (SSSR count). The summed E-state index contributed by atoms with van der Waals surface area (Å²) in [7, 11) is -4.19. The maximum Gasteiger partial charge on any atom is 0.264 e. The SMILES string of the molecule is CCC(C(=O)NCC(C)C)N(Cc1ccccc1Cl)C(=O)CN(c1cc(Cl)ccc1C)S(=O)(=O)c1ccc(C)cc1. The second-order valence-electron chi connectivity index (χ2n) is 10.4. The van der Waals surface area contributed by atoms with Crippen molar-refractivity contribution in [3.05, 3.63) is 93.5 Å². The number of rotatable bonds is 12. The molecular weight excluding hydrogens is 581 g/mol. The van der Waals surface area contributed by atoms with Crippen LogP contribution in [0.1, 0.15) is 43.9 Å². The molecular formula is C31H37Cl2N3O4S. The van der Waals surface area contributed by atoms with Crippen LogP contribution in [0.25, 0.3) is 0 Å². The molecule has 0 aliphatic carbocycles. The van der Waals surface area contributed by atoms with Crippen molar-refractivity contribution in [3.8, 4) is 0 Å². The zero-order valence-electron chi connectivity index (χ0n) is 24.0. The summed E-state index contributed by atoms with van der Waals surface area (Å²) in [6.07, 6.45) is 0.320. The molecule has 0 fully saturated rings. The smallest absolute Gasteiger partial charge is 0.264 e. The highest BCUT2D eigenvalue weighted by molar-refractivity contribution is 7.92. The first-order chi connectivity index (χ1) is 19.3. The van der Waals surface area contributed by atoms with Crippen molar-refractivity contribution in [2.75, 3.05) is 17.4 Å². The van der Waals surface area contributed by atoms with Crippen LogP contribution in [-0.4, -0.2) is 44.3 Å². The maximum absolute atomic E-state index is 14.2. The Morgan fingerprint density at radius 2 is 1.61 bits per heavy atom. The molecule has 0 saturated carbocycles. The molecule has 0 saturated heterocycles. The van der Waals surface area contributed by atoms with Crippen LogP contribution in [0.15, 0.2) is 71.6 Å². The highest BCUT2D eigenvalue weighted by Gasteiger charge is 2.34. The molecule has 0 aromatic heterocycles. The van der Waals surface area contributed by atoms with Gasteiger partial charge in [-0.25, -0.2) is 8.42 Å². The van der Waals surface area contributed by atoms with Gasteiger partial charge in [0.05, 0.1) is 10.6 Å². The van der Waals surface area contributed by atoms with Gasteiger partial charge in [0, 0.05) is 23.1 Å². The number of anilines is 1. The largest absolute Gasteiger partial charge is 0.354 e. The number of nitrogens with zero attached hydrogens (tertiary/aromatic N) is 2. The fourth-order valence-electron chi connectivity index (χ4n) is 4.35. The lowest BCUT2D eigenvalue weighted by atomic mass is 10.1. The molecule has 41 heavy (non-hydrogen) atoms. The van der Waals surface area contributed by atoms with E-state index in [2.05, 4.69) is 5.32 Å². The zero-order valence-corrected chi connectivity index (χ0v) is 26.4. The van der Waals surface area contributed by atoms with Gasteiger partial charge in [-0.3, -0.25) is 13.9 Å². The highest BCUT2D eigenvalue weighted by Crippen LogP contribution is 2.30. The van der Waals surface area contributed by atoms with Gasteiger partial charge in [0.15, 0.2) is 0 Å². The number of nitrogens with one attached hydrogen (secondary N) is 1. The molecule has 3 aromatic carbocycles. The Hall–Kier alpha value is -3.07. The summed E-state index contributed by atoms with van der Waals surface area (Å²) < 4.78 is 29.2. The average Bonchev–Trinajstić information content (AvgIpc) is 2.93. The number of aryl methyl sites for hydroxylation is 2. The molecule has 10 heteroatoms. The summed E-state index contributed by atoms with van der Waals surface area (Å²) >= 11 is 12.7. The number of carbonyl (C=O) groups excluding carboxylic acids is 2. The topological polar surface area (TPSA) is 86.8 Å². The predicted molar refractivity (Wildman–Crippen MR) is 166 cm³/mol. The van der Waals surface area contributed by atoms with E-state index in [1.165, 1.54) is 23.1 Å². The minimum atomic E-state index is -4.19. The number of amides is 2. The molecule has 0 heterocycles. The Morgan fingerprint density at radius 3 is 2.22 bits per heavy atom. The number of halogens is 2. The third-order valence-electron chi connectivity index (χ3n) is 6.70. The van der Waals surface area contributed by atoms with Gasteiger partial charge in [-0.1, -0.05) is 85.9 Å². The van der Waals surface area contributed by atoms with Crippen molar-refractivity contribution >= 4 is 50.7 Å². The van der Waals surface area contributed by atoms with Crippen LogP contribution in [-0.2, 0) is 26.2 Å². The summed E-state index contributed by atoms with van der Waals surface area (Å²) in [5.41, 5.74) is 2.44. The molecule has 7 nitrogen and oxygen atoms in total. The van der Waals surface area contributed by atoms with E-state index in [9.17, 15) is 18.0 Å². The van der Waals surface area contributed by atoms with E-state index in [0.29, 0.717) is 34.1 Å². The van der Waals surface area contributed by atoms with E-state index in [-0.39, 0.29) is 29.0 Å².